The van der Waals surface area contributed by atoms with Crippen LogP contribution in [0, 0.1) is 0 Å². The van der Waals surface area contributed by atoms with Gasteiger partial charge in [0, 0.05) is 29.3 Å². The minimum atomic E-state index is -0.401. The number of hydrogen-bond donors (Lipinski definition) is 1. The first-order chi connectivity index (χ1) is 13.5. The van der Waals surface area contributed by atoms with Gasteiger partial charge in [-0.2, -0.15) is 0 Å². The Morgan fingerprint density at radius 2 is 1.86 bits per heavy atom. The van der Waals surface area contributed by atoms with E-state index in [9.17, 15) is 9.59 Å². The van der Waals surface area contributed by atoms with Gasteiger partial charge in [0.1, 0.15) is 0 Å². The largest absolute Gasteiger partial charge is 0.460 e. The van der Waals surface area contributed by atoms with Crippen molar-refractivity contribution >= 4 is 22.5 Å². The van der Waals surface area contributed by atoms with Crippen molar-refractivity contribution in [2.45, 2.75) is 52.1 Å². The van der Waals surface area contributed by atoms with Crippen molar-refractivity contribution in [1.29, 1.82) is 0 Å². The molecule has 0 bridgehead atoms. The van der Waals surface area contributed by atoms with Gasteiger partial charge < -0.3 is 10.1 Å². The number of fused-ring (bicyclic) bond motifs is 1. The van der Waals surface area contributed by atoms with E-state index in [1.165, 1.54) is 0 Å². The Bertz CT molecular complexity index is 1020. The fourth-order valence-electron chi connectivity index (χ4n) is 4.34. The van der Waals surface area contributed by atoms with Crippen LogP contribution in [0.5, 0.6) is 0 Å². The number of benzene rings is 2. The van der Waals surface area contributed by atoms with E-state index in [2.05, 4.69) is 23.5 Å². The van der Waals surface area contributed by atoms with Gasteiger partial charge in [0.25, 0.3) is 0 Å². The van der Waals surface area contributed by atoms with Crippen LogP contribution >= 0.6 is 0 Å². The van der Waals surface area contributed by atoms with Crippen molar-refractivity contribution in [2.24, 2.45) is 0 Å². The molecular formula is C24H25NO3. The number of ether oxygens (including phenoxy) is 1. The van der Waals surface area contributed by atoms with Gasteiger partial charge in [-0.15, -0.1) is 0 Å². The molecular weight excluding hydrogens is 350 g/mol. The molecule has 0 amide bonds. The number of rotatable bonds is 3. The molecule has 4 heteroatoms. The van der Waals surface area contributed by atoms with Crippen LogP contribution in [0.2, 0.25) is 0 Å². The summed E-state index contributed by atoms with van der Waals surface area (Å²) in [5.41, 5.74) is 3.98. The van der Waals surface area contributed by atoms with Crippen LogP contribution in [-0.2, 0) is 14.3 Å². The zero-order chi connectivity index (χ0) is 19.8. The second-order valence-corrected chi connectivity index (χ2v) is 7.79. The SMILES string of the molecule is CC1=C(C(=O)OC(C)C)C(c2cccc3ccccc23)C2=C(CCCC2=O)N1. The monoisotopic (exact) mass is 375 g/mol. The van der Waals surface area contributed by atoms with E-state index in [1.807, 2.05) is 45.0 Å². The zero-order valence-electron chi connectivity index (χ0n) is 16.5. The molecule has 0 saturated heterocycles. The van der Waals surface area contributed by atoms with Crippen LogP contribution in [-0.4, -0.2) is 17.9 Å². The lowest BCUT2D eigenvalue weighted by Crippen LogP contribution is -2.35. The molecule has 4 nitrogen and oxygen atoms in total. The average Bonchev–Trinajstić information content (AvgIpc) is 2.66. The van der Waals surface area contributed by atoms with E-state index < -0.39 is 5.92 Å². The highest BCUT2D eigenvalue weighted by atomic mass is 16.5. The number of ketones is 1. The zero-order valence-corrected chi connectivity index (χ0v) is 16.5. The van der Waals surface area contributed by atoms with Gasteiger partial charge >= 0.3 is 5.97 Å². The van der Waals surface area contributed by atoms with Gasteiger partial charge in [-0.05, 0) is 49.9 Å². The van der Waals surface area contributed by atoms with Crippen molar-refractivity contribution in [3.8, 4) is 0 Å². The molecule has 2 aliphatic rings. The summed E-state index contributed by atoms with van der Waals surface area (Å²) < 4.78 is 5.57. The molecule has 1 heterocycles. The summed E-state index contributed by atoms with van der Waals surface area (Å²) in [4.78, 5) is 26.0. The van der Waals surface area contributed by atoms with Gasteiger partial charge in [0.2, 0.25) is 0 Å². The molecule has 1 atom stereocenters. The minimum Gasteiger partial charge on any atom is -0.460 e. The number of Topliss-reactive ketones (excluding diaryl/α,β-unsaturated/α-hetero) is 1. The molecule has 1 unspecified atom stereocenters. The topological polar surface area (TPSA) is 55.4 Å². The first-order valence-corrected chi connectivity index (χ1v) is 9.90. The Kier molecular flexibility index (Phi) is 4.80. The number of nitrogens with one attached hydrogen (secondary N) is 1. The fourth-order valence-corrected chi connectivity index (χ4v) is 4.34. The van der Waals surface area contributed by atoms with Gasteiger partial charge in [-0.1, -0.05) is 42.5 Å². The Morgan fingerprint density at radius 1 is 1.11 bits per heavy atom. The van der Waals surface area contributed by atoms with Crippen molar-refractivity contribution in [1.82, 2.24) is 5.32 Å². The van der Waals surface area contributed by atoms with Crippen LogP contribution in [0.15, 0.2) is 65.0 Å². The third kappa shape index (κ3) is 3.13. The minimum absolute atomic E-state index is 0.119. The maximum absolute atomic E-state index is 13.1. The molecule has 28 heavy (non-hydrogen) atoms. The second-order valence-electron chi connectivity index (χ2n) is 7.79. The Morgan fingerprint density at radius 3 is 2.64 bits per heavy atom. The fraction of sp³-hybridized carbons (Fsp3) is 0.333. The first kappa shape index (κ1) is 18.5. The molecule has 144 valence electrons. The lowest BCUT2D eigenvalue weighted by atomic mass is 9.74. The van der Waals surface area contributed by atoms with E-state index in [-0.39, 0.29) is 17.9 Å². The second kappa shape index (κ2) is 7.27. The van der Waals surface area contributed by atoms with E-state index in [0.717, 1.165) is 46.1 Å². The molecule has 0 aromatic heterocycles. The molecule has 0 spiro atoms. The standard InChI is InChI=1S/C24H25NO3/c1-14(2)28-24(27)21-15(3)25-19-12-7-13-20(26)23(19)22(21)18-11-6-9-16-8-4-5-10-17(16)18/h4-6,8-11,14,22,25H,7,12-13H2,1-3H3. The molecule has 1 aliphatic carbocycles. The molecule has 2 aromatic carbocycles. The number of carbonyl (C=O) groups excluding carboxylic acids is 2. The lowest BCUT2D eigenvalue weighted by Gasteiger charge is -2.34. The van der Waals surface area contributed by atoms with Crippen LogP contribution in [0.3, 0.4) is 0 Å². The summed E-state index contributed by atoms with van der Waals surface area (Å²) in [7, 11) is 0. The predicted octanol–water partition coefficient (Wildman–Crippen LogP) is 4.76. The maximum Gasteiger partial charge on any atom is 0.337 e. The highest BCUT2D eigenvalue weighted by Gasteiger charge is 2.39. The van der Waals surface area contributed by atoms with Gasteiger partial charge in [-0.25, -0.2) is 4.79 Å². The normalized spacial score (nSPS) is 19.7. The summed E-state index contributed by atoms with van der Waals surface area (Å²) in [6.45, 7) is 5.58. The van der Waals surface area contributed by atoms with Crippen molar-refractivity contribution < 1.29 is 14.3 Å². The Labute approximate surface area is 165 Å². The smallest absolute Gasteiger partial charge is 0.337 e. The van der Waals surface area contributed by atoms with E-state index in [1.54, 1.807) is 0 Å². The molecule has 4 rings (SSSR count). The molecule has 0 saturated carbocycles. The van der Waals surface area contributed by atoms with Gasteiger partial charge in [0.15, 0.2) is 5.78 Å². The molecule has 1 N–H and O–H groups in total. The maximum atomic E-state index is 13.1. The summed E-state index contributed by atoms with van der Waals surface area (Å²) in [5, 5.41) is 5.49. The summed E-state index contributed by atoms with van der Waals surface area (Å²) in [5.74, 6) is -0.640. The van der Waals surface area contributed by atoms with E-state index >= 15 is 0 Å². The predicted molar refractivity (Wildman–Crippen MR) is 110 cm³/mol. The van der Waals surface area contributed by atoms with Crippen molar-refractivity contribution in [2.75, 3.05) is 0 Å². The quantitative estimate of drug-likeness (QED) is 0.786. The van der Waals surface area contributed by atoms with Crippen LogP contribution < -0.4 is 5.32 Å². The third-order valence-electron chi connectivity index (χ3n) is 5.47. The summed E-state index contributed by atoms with van der Waals surface area (Å²) in [6, 6.07) is 14.2. The first-order valence-electron chi connectivity index (χ1n) is 9.90. The third-order valence-corrected chi connectivity index (χ3v) is 5.47. The molecule has 1 aliphatic heterocycles. The lowest BCUT2D eigenvalue weighted by molar-refractivity contribution is -0.143. The van der Waals surface area contributed by atoms with E-state index in [4.69, 9.17) is 4.74 Å². The number of carbonyl (C=O) groups is 2. The highest BCUT2D eigenvalue weighted by molar-refractivity contribution is 6.05. The highest BCUT2D eigenvalue weighted by Crippen LogP contribution is 2.44. The molecule has 0 radical (unpaired) electrons. The number of hydrogen-bond acceptors (Lipinski definition) is 4. The summed E-state index contributed by atoms with van der Waals surface area (Å²) >= 11 is 0. The van der Waals surface area contributed by atoms with Crippen molar-refractivity contribution in [3.05, 3.63) is 70.6 Å². The van der Waals surface area contributed by atoms with Crippen LogP contribution in [0.4, 0.5) is 0 Å². The van der Waals surface area contributed by atoms with Gasteiger partial charge in [0.05, 0.1) is 11.7 Å². The Balaban J connectivity index is 1.96. The van der Waals surface area contributed by atoms with E-state index in [0.29, 0.717) is 12.0 Å². The van der Waals surface area contributed by atoms with Crippen molar-refractivity contribution in [3.63, 3.8) is 0 Å². The molecule has 2 aromatic rings. The summed E-state index contributed by atoms with van der Waals surface area (Å²) in [6.07, 6.45) is 1.96. The number of dihydropyridines is 1. The number of esters is 1. The van der Waals surface area contributed by atoms with Gasteiger partial charge in [-0.3, -0.25) is 4.79 Å². The number of allylic oxidation sites excluding steroid dienone is 3. The van der Waals surface area contributed by atoms with Crippen LogP contribution in [0.25, 0.3) is 10.8 Å². The average molecular weight is 375 g/mol. The van der Waals surface area contributed by atoms with Crippen LogP contribution in [0.1, 0.15) is 51.5 Å². The Hall–Kier alpha value is -2.88. The molecule has 0 fully saturated rings.